The zero-order chi connectivity index (χ0) is 13.2. The van der Waals surface area contributed by atoms with Crippen molar-refractivity contribution in [2.75, 3.05) is 13.1 Å². The van der Waals surface area contributed by atoms with Crippen LogP contribution in [0.5, 0.6) is 0 Å². The third-order valence-corrected chi connectivity index (χ3v) is 4.00. The van der Waals surface area contributed by atoms with Crippen LogP contribution in [0.2, 0.25) is 0 Å². The summed E-state index contributed by atoms with van der Waals surface area (Å²) in [5.41, 5.74) is 3.75. The summed E-state index contributed by atoms with van der Waals surface area (Å²) in [6.45, 7) is 3.34. The predicted octanol–water partition coefficient (Wildman–Crippen LogP) is 2.55. The summed E-state index contributed by atoms with van der Waals surface area (Å²) in [5.74, 6) is 0.0420. The van der Waals surface area contributed by atoms with E-state index in [9.17, 15) is 4.79 Å². The standard InChI is InChI=1S/C16H19NO2/c18-16(19)7-6-13-2-1-3-14-11-17(9-8-15(13)14)10-12-4-5-12/h1-3,6-7,12H,4-5,8-11H2,(H,18,19)/b7-6+. The van der Waals surface area contributed by atoms with Crippen molar-refractivity contribution < 1.29 is 9.90 Å². The first-order valence-corrected chi connectivity index (χ1v) is 6.96. The second-order valence-electron chi connectivity index (χ2n) is 5.58. The summed E-state index contributed by atoms with van der Waals surface area (Å²) in [7, 11) is 0. The molecule has 1 heterocycles. The minimum atomic E-state index is -0.885. The van der Waals surface area contributed by atoms with Gasteiger partial charge in [0.15, 0.2) is 0 Å². The van der Waals surface area contributed by atoms with E-state index in [1.54, 1.807) is 6.08 Å². The third-order valence-electron chi connectivity index (χ3n) is 4.00. The van der Waals surface area contributed by atoms with Gasteiger partial charge in [-0.15, -0.1) is 0 Å². The molecule has 0 radical (unpaired) electrons. The third kappa shape index (κ3) is 3.04. The van der Waals surface area contributed by atoms with Crippen LogP contribution in [0.4, 0.5) is 0 Å². The fourth-order valence-corrected chi connectivity index (χ4v) is 2.84. The molecule has 1 aromatic carbocycles. The van der Waals surface area contributed by atoms with Crippen LogP contribution < -0.4 is 0 Å². The Morgan fingerprint density at radius 3 is 3.00 bits per heavy atom. The molecule has 0 atom stereocenters. The van der Waals surface area contributed by atoms with Crippen molar-refractivity contribution in [1.29, 1.82) is 0 Å². The summed E-state index contributed by atoms with van der Waals surface area (Å²) < 4.78 is 0. The van der Waals surface area contributed by atoms with Crippen LogP contribution >= 0.6 is 0 Å². The molecule has 1 aliphatic heterocycles. The number of carbonyl (C=O) groups is 1. The van der Waals surface area contributed by atoms with Crippen LogP contribution in [0.3, 0.4) is 0 Å². The van der Waals surface area contributed by atoms with Gasteiger partial charge in [-0.3, -0.25) is 4.90 Å². The molecule has 0 unspecified atom stereocenters. The van der Waals surface area contributed by atoms with Crippen molar-refractivity contribution in [3.05, 3.63) is 41.0 Å². The Balaban J connectivity index is 1.77. The summed E-state index contributed by atoms with van der Waals surface area (Å²) in [6, 6.07) is 6.21. The minimum absolute atomic E-state index is 0.885. The first-order chi connectivity index (χ1) is 9.22. The van der Waals surface area contributed by atoms with E-state index in [-0.39, 0.29) is 0 Å². The van der Waals surface area contributed by atoms with E-state index in [1.165, 1.54) is 36.6 Å². The van der Waals surface area contributed by atoms with Gasteiger partial charge in [0, 0.05) is 25.7 Å². The molecule has 19 heavy (non-hydrogen) atoms. The van der Waals surface area contributed by atoms with Crippen molar-refractivity contribution in [3.8, 4) is 0 Å². The van der Waals surface area contributed by atoms with Gasteiger partial charge in [0.2, 0.25) is 0 Å². The number of fused-ring (bicyclic) bond motifs is 1. The molecule has 1 aliphatic carbocycles. The Morgan fingerprint density at radius 1 is 1.42 bits per heavy atom. The van der Waals surface area contributed by atoms with Crippen LogP contribution in [0, 0.1) is 5.92 Å². The Morgan fingerprint density at radius 2 is 2.26 bits per heavy atom. The summed E-state index contributed by atoms with van der Waals surface area (Å²) in [5, 5.41) is 8.73. The van der Waals surface area contributed by atoms with E-state index in [0.717, 1.165) is 31.0 Å². The Kier molecular flexibility index (Phi) is 3.38. The molecule has 1 aromatic rings. The maximum atomic E-state index is 10.6. The van der Waals surface area contributed by atoms with Gasteiger partial charge in [-0.2, -0.15) is 0 Å². The van der Waals surface area contributed by atoms with E-state index in [1.807, 2.05) is 12.1 Å². The Hall–Kier alpha value is -1.61. The normalized spacial score (nSPS) is 19.6. The summed E-state index contributed by atoms with van der Waals surface area (Å²) in [6.07, 6.45) is 6.77. The molecule has 1 saturated carbocycles. The molecule has 3 heteroatoms. The largest absolute Gasteiger partial charge is 0.478 e. The maximum Gasteiger partial charge on any atom is 0.328 e. The second kappa shape index (κ2) is 5.17. The van der Waals surface area contributed by atoms with Gasteiger partial charge in [0.1, 0.15) is 0 Å². The van der Waals surface area contributed by atoms with E-state index >= 15 is 0 Å². The molecular weight excluding hydrogens is 238 g/mol. The second-order valence-corrected chi connectivity index (χ2v) is 5.58. The van der Waals surface area contributed by atoms with Crippen molar-refractivity contribution in [2.45, 2.75) is 25.8 Å². The van der Waals surface area contributed by atoms with Crippen LogP contribution in [0.15, 0.2) is 24.3 Å². The van der Waals surface area contributed by atoms with Crippen molar-refractivity contribution in [2.24, 2.45) is 5.92 Å². The van der Waals surface area contributed by atoms with E-state index in [4.69, 9.17) is 5.11 Å². The number of carboxylic acids is 1. The highest BCUT2D eigenvalue weighted by Gasteiger charge is 2.26. The summed E-state index contributed by atoms with van der Waals surface area (Å²) >= 11 is 0. The van der Waals surface area contributed by atoms with Gasteiger partial charge < -0.3 is 5.11 Å². The van der Waals surface area contributed by atoms with Crippen molar-refractivity contribution >= 4 is 12.0 Å². The number of hydrogen-bond donors (Lipinski definition) is 1. The Labute approximate surface area is 113 Å². The lowest BCUT2D eigenvalue weighted by Crippen LogP contribution is -2.32. The van der Waals surface area contributed by atoms with Crippen LogP contribution in [0.1, 0.15) is 29.5 Å². The SMILES string of the molecule is O=C(O)/C=C/c1cccc2c1CCN(CC1CC1)C2. The first-order valence-electron chi connectivity index (χ1n) is 6.96. The smallest absolute Gasteiger partial charge is 0.328 e. The van der Waals surface area contributed by atoms with Gasteiger partial charge in [-0.25, -0.2) is 4.79 Å². The number of aliphatic carboxylic acids is 1. The molecule has 0 saturated heterocycles. The fourth-order valence-electron chi connectivity index (χ4n) is 2.84. The van der Waals surface area contributed by atoms with Crippen LogP contribution in [0.25, 0.3) is 6.08 Å². The number of hydrogen-bond acceptors (Lipinski definition) is 2. The molecular formula is C16H19NO2. The molecule has 0 bridgehead atoms. The van der Waals surface area contributed by atoms with Gasteiger partial charge in [0.25, 0.3) is 0 Å². The Bertz CT molecular complexity index is 517. The predicted molar refractivity (Wildman–Crippen MR) is 74.8 cm³/mol. The van der Waals surface area contributed by atoms with Gasteiger partial charge in [-0.05, 0) is 47.9 Å². The molecule has 3 nitrogen and oxygen atoms in total. The zero-order valence-electron chi connectivity index (χ0n) is 11.0. The maximum absolute atomic E-state index is 10.6. The average molecular weight is 257 g/mol. The van der Waals surface area contributed by atoms with Gasteiger partial charge in [-0.1, -0.05) is 18.2 Å². The lowest BCUT2D eigenvalue weighted by Gasteiger charge is -2.29. The topological polar surface area (TPSA) is 40.5 Å². The van der Waals surface area contributed by atoms with Crippen LogP contribution in [-0.2, 0) is 17.8 Å². The van der Waals surface area contributed by atoms with Gasteiger partial charge in [0.05, 0.1) is 0 Å². The van der Waals surface area contributed by atoms with E-state index in [0.29, 0.717) is 0 Å². The molecule has 0 spiro atoms. The monoisotopic (exact) mass is 257 g/mol. The quantitative estimate of drug-likeness (QED) is 0.843. The molecule has 1 N–H and O–H groups in total. The van der Waals surface area contributed by atoms with Crippen molar-refractivity contribution in [1.82, 2.24) is 4.90 Å². The molecule has 0 amide bonds. The number of carboxylic acid groups (broad SMARTS) is 1. The highest BCUT2D eigenvalue weighted by Crippen LogP contribution is 2.32. The first kappa shape index (κ1) is 12.4. The lowest BCUT2D eigenvalue weighted by molar-refractivity contribution is -0.131. The molecule has 3 rings (SSSR count). The number of rotatable bonds is 4. The average Bonchev–Trinajstić information content (AvgIpc) is 3.19. The van der Waals surface area contributed by atoms with Crippen molar-refractivity contribution in [3.63, 3.8) is 0 Å². The van der Waals surface area contributed by atoms with E-state index in [2.05, 4.69) is 11.0 Å². The molecule has 0 aromatic heterocycles. The molecule has 1 fully saturated rings. The van der Waals surface area contributed by atoms with Crippen LogP contribution in [-0.4, -0.2) is 29.1 Å². The highest BCUT2D eigenvalue weighted by atomic mass is 16.4. The molecule has 100 valence electrons. The summed E-state index contributed by atoms with van der Waals surface area (Å²) in [4.78, 5) is 13.2. The lowest BCUT2D eigenvalue weighted by atomic mass is 9.94. The zero-order valence-corrected chi connectivity index (χ0v) is 11.0. The minimum Gasteiger partial charge on any atom is -0.478 e. The number of nitrogens with zero attached hydrogens (tertiary/aromatic N) is 1. The molecule has 2 aliphatic rings. The van der Waals surface area contributed by atoms with E-state index < -0.39 is 5.97 Å². The highest BCUT2D eigenvalue weighted by molar-refractivity contribution is 5.85. The van der Waals surface area contributed by atoms with Gasteiger partial charge >= 0.3 is 5.97 Å². The fraction of sp³-hybridized carbons (Fsp3) is 0.438. The number of benzene rings is 1.